The standard InChI is InChI=1S/C10H12ClN3O2/c11-8-5-10(16)14(6-12-8)4-3-9(15)13-7-1-2-7/h5-7H,1-4H2,(H,13,15). The second-order valence-electron chi connectivity index (χ2n) is 3.84. The molecular formula is C10H12ClN3O2. The number of carbonyl (C=O) groups is 1. The first kappa shape index (κ1) is 11.1. The van der Waals surface area contributed by atoms with E-state index >= 15 is 0 Å². The highest BCUT2D eigenvalue weighted by Gasteiger charge is 2.22. The van der Waals surface area contributed by atoms with Gasteiger partial charge in [-0.05, 0) is 12.8 Å². The molecule has 16 heavy (non-hydrogen) atoms. The number of halogens is 1. The largest absolute Gasteiger partial charge is 0.353 e. The van der Waals surface area contributed by atoms with Gasteiger partial charge in [0.25, 0.3) is 5.56 Å². The molecule has 6 heteroatoms. The van der Waals surface area contributed by atoms with Crippen molar-refractivity contribution < 1.29 is 4.79 Å². The molecule has 1 fully saturated rings. The Bertz CT molecular complexity index is 454. The van der Waals surface area contributed by atoms with Crippen molar-refractivity contribution in [2.45, 2.75) is 31.8 Å². The fourth-order valence-electron chi connectivity index (χ4n) is 1.32. The van der Waals surface area contributed by atoms with Gasteiger partial charge in [0.2, 0.25) is 5.91 Å². The van der Waals surface area contributed by atoms with Gasteiger partial charge in [0.05, 0.1) is 6.33 Å². The van der Waals surface area contributed by atoms with Gasteiger partial charge in [0.1, 0.15) is 5.15 Å². The molecule has 1 amide bonds. The first-order valence-electron chi connectivity index (χ1n) is 5.16. The lowest BCUT2D eigenvalue weighted by Gasteiger charge is -2.05. The zero-order valence-corrected chi connectivity index (χ0v) is 9.41. The molecule has 0 unspecified atom stereocenters. The molecule has 0 aliphatic heterocycles. The van der Waals surface area contributed by atoms with Gasteiger partial charge in [0, 0.05) is 25.1 Å². The molecule has 0 atom stereocenters. The van der Waals surface area contributed by atoms with Crippen LogP contribution in [0, 0.1) is 0 Å². The van der Waals surface area contributed by atoms with Gasteiger partial charge < -0.3 is 5.32 Å². The van der Waals surface area contributed by atoms with Crippen molar-refractivity contribution in [3.05, 3.63) is 27.9 Å². The summed E-state index contributed by atoms with van der Waals surface area (Å²) in [6, 6.07) is 1.59. The number of rotatable bonds is 4. The molecule has 0 aromatic carbocycles. The van der Waals surface area contributed by atoms with Crippen molar-refractivity contribution in [3.8, 4) is 0 Å². The molecule has 2 rings (SSSR count). The number of carbonyl (C=O) groups excluding carboxylic acids is 1. The van der Waals surface area contributed by atoms with Crippen molar-refractivity contribution in [2.24, 2.45) is 0 Å². The third kappa shape index (κ3) is 3.06. The zero-order chi connectivity index (χ0) is 11.5. The third-order valence-corrected chi connectivity index (χ3v) is 2.58. The van der Waals surface area contributed by atoms with Gasteiger partial charge in [-0.25, -0.2) is 4.98 Å². The minimum absolute atomic E-state index is 0.0237. The van der Waals surface area contributed by atoms with E-state index in [2.05, 4.69) is 10.3 Å². The van der Waals surface area contributed by atoms with Gasteiger partial charge in [-0.3, -0.25) is 14.2 Å². The number of aryl methyl sites for hydroxylation is 1. The fourth-order valence-corrected chi connectivity index (χ4v) is 1.46. The van der Waals surface area contributed by atoms with E-state index in [0.717, 1.165) is 12.8 Å². The summed E-state index contributed by atoms with van der Waals surface area (Å²) in [7, 11) is 0. The summed E-state index contributed by atoms with van der Waals surface area (Å²) in [5, 5.41) is 3.02. The number of amides is 1. The summed E-state index contributed by atoms with van der Waals surface area (Å²) < 4.78 is 1.37. The van der Waals surface area contributed by atoms with Crippen LogP contribution in [0.3, 0.4) is 0 Å². The minimum atomic E-state index is -0.237. The molecule has 1 aliphatic carbocycles. The molecular weight excluding hydrogens is 230 g/mol. The van der Waals surface area contributed by atoms with E-state index in [1.54, 1.807) is 0 Å². The maximum Gasteiger partial charge on any atom is 0.254 e. The van der Waals surface area contributed by atoms with E-state index in [9.17, 15) is 9.59 Å². The lowest BCUT2D eigenvalue weighted by molar-refractivity contribution is -0.121. The highest BCUT2D eigenvalue weighted by atomic mass is 35.5. The zero-order valence-electron chi connectivity index (χ0n) is 8.65. The second kappa shape index (κ2) is 4.65. The average Bonchev–Trinajstić information content (AvgIpc) is 3.00. The number of nitrogens with zero attached hydrogens (tertiary/aromatic N) is 2. The SMILES string of the molecule is O=C(CCn1cnc(Cl)cc1=O)NC1CC1. The normalized spacial score (nSPS) is 14.8. The van der Waals surface area contributed by atoms with Crippen molar-refractivity contribution in [1.29, 1.82) is 0 Å². The van der Waals surface area contributed by atoms with Gasteiger partial charge >= 0.3 is 0 Å². The van der Waals surface area contributed by atoms with Crippen LogP contribution in [0.1, 0.15) is 19.3 Å². The quantitative estimate of drug-likeness (QED) is 0.784. The Hall–Kier alpha value is -1.36. The minimum Gasteiger partial charge on any atom is -0.353 e. The molecule has 86 valence electrons. The Balaban J connectivity index is 1.88. The van der Waals surface area contributed by atoms with E-state index < -0.39 is 0 Å². The van der Waals surface area contributed by atoms with Crippen molar-refractivity contribution >= 4 is 17.5 Å². The van der Waals surface area contributed by atoms with Gasteiger partial charge in [-0.15, -0.1) is 0 Å². The van der Waals surface area contributed by atoms with Gasteiger partial charge in [-0.1, -0.05) is 11.6 Å². The summed E-state index contributed by atoms with van der Waals surface area (Å²) in [4.78, 5) is 26.6. The van der Waals surface area contributed by atoms with E-state index in [4.69, 9.17) is 11.6 Å². The molecule has 1 heterocycles. The lowest BCUT2D eigenvalue weighted by Crippen LogP contribution is -2.28. The van der Waals surface area contributed by atoms with E-state index in [1.165, 1.54) is 17.0 Å². The molecule has 1 saturated carbocycles. The van der Waals surface area contributed by atoms with Crippen LogP contribution in [0.15, 0.2) is 17.2 Å². The molecule has 0 spiro atoms. The van der Waals surface area contributed by atoms with Crippen molar-refractivity contribution in [3.63, 3.8) is 0 Å². The molecule has 1 aromatic rings. The summed E-state index contributed by atoms with van der Waals surface area (Å²) in [5.74, 6) is -0.0237. The molecule has 1 aliphatic rings. The number of hydrogen-bond acceptors (Lipinski definition) is 3. The number of nitrogens with one attached hydrogen (secondary N) is 1. The third-order valence-electron chi connectivity index (χ3n) is 2.37. The Morgan fingerprint density at radius 1 is 1.62 bits per heavy atom. The van der Waals surface area contributed by atoms with Crippen LogP contribution in [0.25, 0.3) is 0 Å². The Morgan fingerprint density at radius 3 is 3.00 bits per heavy atom. The maximum absolute atomic E-state index is 11.4. The summed E-state index contributed by atoms with van der Waals surface area (Å²) in [6.07, 6.45) is 3.77. The van der Waals surface area contributed by atoms with Crippen LogP contribution in [-0.4, -0.2) is 21.5 Å². The smallest absolute Gasteiger partial charge is 0.254 e. The van der Waals surface area contributed by atoms with Crippen LogP contribution in [0.4, 0.5) is 0 Å². The Labute approximate surface area is 97.4 Å². The highest BCUT2D eigenvalue weighted by molar-refractivity contribution is 6.29. The van der Waals surface area contributed by atoms with Crippen LogP contribution in [-0.2, 0) is 11.3 Å². The van der Waals surface area contributed by atoms with Crippen LogP contribution < -0.4 is 10.9 Å². The number of hydrogen-bond donors (Lipinski definition) is 1. The molecule has 0 radical (unpaired) electrons. The van der Waals surface area contributed by atoms with Crippen molar-refractivity contribution in [1.82, 2.24) is 14.9 Å². The average molecular weight is 242 g/mol. The molecule has 5 nitrogen and oxygen atoms in total. The predicted molar refractivity (Wildman–Crippen MR) is 59.3 cm³/mol. The molecule has 1 aromatic heterocycles. The Kier molecular flexibility index (Phi) is 3.24. The fraction of sp³-hybridized carbons (Fsp3) is 0.500. The van der Waals surface area contributed by atoms with E-state index in [1.807, 2.05) is 0 Å². The van der Waals surface area contributed by atoms with Crippen LogP contribution >= 0.6 is 11.6 Å². The van der Waals surface area contributed by atoms with Gasteiger partial charge in [0.15, 0.2) is 0 Å². The maximum atomic E-state index is 11.4. The Morgan fingerprint density at radius 2 is 2.38 bits per heavy atom. The second-order valence-corrected chi connectivity index (χ2v) is 4.22. The molecule has 0 bridgehead atoms. The molecule has 1 N–H and O–H groups in total. The van der Waals surface area contributed by atoms with Gasteiger partial charge in [-0.2, -0.15) is 0 Å². The lowest BCUT2D eigenvalue weighted by atomic mass is 10.4. The van der Waals surface area contributed by atoms with Crippen molar-refractivity contribution in [2.75, 3.05) is 0 Å². The summed E-state index contributed by atoms with van der Waals surface area (Å²) in [6.45, 7) is 0.335. The van der Waals surface area contributed by atoms with E-state index in [0.29, 0.717) is 19.0 Å². The monoisotopic (exact) mass is 241 g/mol. The first-order chi connectivity index (χ1) is 7.65. The van der Waals surface area contributed by atoms with E-state index in [-0.39, 0.29) is 16.6 Å². The summed E-state index contributed by atoms with van der Waals surface area (Å²) in [5.41, 5.74) is -0.237. The highest BCUT2D eigenvalue weighted by Crippen LogP contribution is 2.18. The van der Waals surface area contributed by atoms with Crippen LogP contribution in [0.2, 0.25) is 5.15 Å². The summed E-state index contributed by atoms with van der Waals surface area (Å²) >= 11 is 5.55. The molecule has 0 saturated heterocycles. The topological polar surface area (TPSA) is 64.0 Å². The number of aromatic nitrogens is 2. The first-order valence-corrected chi connectivity index (χ1v) is 5.54. The van der Waals surface area contributed by atoms with Crippen LogP contribution in [0.5, 0.6) is 0 Å². The predicted octanol–water partition coefficient (Wildman–Crippen LogP) is 0.565.